The van der Waals surface area contributed by atoms with Crippen molar-refractivity contribution >= 4 is 17.3 Å². The molecule has 0 atom stereocenters. The van der Waals surface area contributed by atoms with Crippen LogP contribution in [0.1, 0.15) is 21.8 Å². The van der Waals surface area contributed by atoms with Gasteiger partial charge < -0.3 is 15.2 Å². The van der Waals surface area contributed by atoms with Gasteiger partial charge in [0.15, 0.2) is 11.7 Å². The number of nitrogens with zero attached hydrogens (tertiary/aromatic N) is 4. The first-order valence-electron chi connectivity index (χ1n) is 8.93. The molecule has 6 nitrogen and oxygen atoms in total. The molecule has 0 aliphatic carbocycles. The summed E-state index contributed by atoms with van der Waals surface area (Å²) in [7, 11) is 1.65. The average molecular weight is 422 g/mol. The molecule has 29 heavy (non-hydrogen) atoms. The van der Waals surface area contributed by atoms with Crippen LogP contribution in [-0.4, -0.2) is 34.1 Å². The van der Waals surface area contributed by atoms with Gasteiger partial charge in [-0.15, -0.1) is 11.3 Å². The maximum atomic E-state index is 12.6. The van der Waals surface area contributed by atoms with Crippen LogP contribution in [0.5, 0.6) is 0 Å². The van der Waals surface area contributed by atoms with E-state index in [9.17, 15) is 13.2 Å². The predicted molar refractivity (Wildman–Crippen MR) is 107 cm³/mol. The summed E-state index contributed by atoms with van der Waals surface area (Å²) in [4.78, 5) is 11.8. The third-order valence-electron chi connectivity index (χ3n) is 4.10. The molecule has 0 fully saturated rings. The van der Waals surface area contributed by atoms with Crippen LogP contribution >= 0.6 is 11.3 Å². The lowest BCUT2D eigenvalue weighted by Gasteiger charge is -2.12. The normalized spacial score (nSPS) is 12.2. The molecule has 2 heterocycles. The van der Waals surface area contributed by atoms with Gasteiger partial charge in [-0.1, -0.05) is 24.3 Å². The summed E-state index contributed by atoms with van der Waals surface area (Å²) in [6, 6.07) is 8.21. The monoisotopic (exact) mass is 422 g/mol. The van der Waals surface area contributed by atoms with Crippen LogP contribution in [0.25, 0.3) is 0 Å². The van der Waals surface area contributed by atoms with Gasteiger partial charge >= 0.3 is 6.18 Å². The van der Waals surface area contributed by atoms with E-state index in [1.807, 2.05) is 22.9 Å². The topological polar surface area (TPSA) is 67.1 Å². The lowest BCUT2D eigenvalue weighted by atomic mass is 10.1. The second kappa shape index (κ2) is 9.55. The van der Waals surface area contributed by atoms with Gasteiger partial charge in [0, 0.05) is 50.9 Å². The number of aliphatic imine (C=N–C) groups is 1. The Balaban J connectivity index is 1.42. The van der Waals surface area contributed by atoms with Gasteiger partial charge in [-0.3, -0.25) is 4.99 Å². The van der Waals surface area contributed by atoms with E-state index in [2.05, 4.69) is 37.7 Å². The largest absolute Gasteiger partial charge is 0.434 e. The Morgan fingerprint density at radius 2 is 1.93 bits per heavy atom. The van der Waals surface area contributed by atoms with Gasteiger partial charge in [0.2, 0.25) is 0 Å². The molecule has 0 aliphatic heterocycles. The third-order valence-corrected chi connectivity index (χ3v) is 5.01. The van der Waals surface area contributed by atoms with E-state index in [1.165, 1.54) is 5.56 Å². The van der Waals surface area contributed by atoms with Crippen molar-refractivity contribution in [2.75, 3.05) is 13.6 Å². The Bertz CT molecular complexity index is 916. The number of thiazole rings is 1. The summed E-state index contributed by atoms with van der Waals surface area (Å²) in [6.07, 6.45) is 1.45. The molecule has 3 aromatic rings. The van der Waals surface area contributed by atoms with Gasteiger partial charge in [-0.25, -0.2) is 9.97 Å². The molecule has 10 heteroatoms. The number of imidazole rings is 1. The van der Waals surface area contributed by atoms with E-state index in [0.717, 1.165) is 28.8 Å². The Morgan fingerprint density at radius 1 is 1.17 bits per heavy atom. The van der Waals surface area contributed by atoms with Crippen LogP contribution in [0, 0.1) is 0 Å². The van der Waals surface area contributed by atoms with Crippen LogP contribution in [-0.2, 0) is 25.7 Å². The highest BCUT2D eigenvalue weighted by molar-refractivity contribution is 7.09. The molecule has 0 aliphatic rings. The van der Waals surface area contributed by atoms with E-state index in [4.69, 9.17) is 0 Å². The van der Waals surface area contributed by atoms with Crippen molar-refractivity contribution in [2.24, 2.45) is 4.99 Å². The summed E-state index contributed by atoms with van der Waals surface area (Å²) < 4.78 is 39.7. The zero-order valence-corrected chi connectivity index (χ0v) is 16.6. The molecule has 0 saturated carbocycles. The fourth-order valence-corrected chi connectivity index (χ4v) is 3.41. The SMILES string of the molecule is CN=C(NCCc1nc(C(F)(F)F)cs1)NCc1ccc(Cn2ccnc2)cc1. The van der Waals surface area contributed by atoms with Crippen molar-refractivity contribution in [1.82, 2.24) is 25.2 Å². The molecule has 0 bridgehead atoms. The van der Waals surface area contributed by atoms with Crippen molar-refractivity contribution in [3.8, 4) is 0 Å². The lowest BCUT2D eigenvalue weighted by Crippen LogP contribution is -2.37. The highest BCUT2D eigenvalue weighted by atomic mass is 32.1. The van der Waals surface area contributed by atoms with Gasteiger partial charge in [0.25, 0.3) is 0 Å². The number of benzene rings is 1. The molecule has 154 valence electrons. The predicted octanol–water partition coefficient (Wildman–Crippen LogP) is 3.31. The minimum atomic E-state index is -4.39. The van der Waals surface area contributed by atoms with E-state index < -0.39 is 11.9 Å². The molecular weight excluding hydrogens is 401 g/mol. The second-order valence-corrected chi connectivity index (χ2v) is 7.22. The van der Waals surface area contributed by atoms with Crippen LogP contribution < -0.4 is 10.6 Å². The number of aromatic nitrogens is 3. The highest BCUT2D eigenvalue weighted by Crippen LogP contribution is 2.29. The first-order chi connectivity index (χ1) is 13.9. The molecule has 0 spiro atoms. The van der Waals surface area contributed by atoms with Crippen molar-refractivity contribution in [3.05, 3.63) is 70.2 Å². The Kier molecular flexibility index (Phi) is 6.86. The molecule has 3 rings (SSSR count). The standard InChI is InChI=1S/C19H21F3N6S/c1-23-18(25-7-6-17-27-16(12-29-17)19(20,21)22)26-10-14-2-4-15(5-3-14)11-28-9-8-24-13-28/h2-5,8-9,12-13H,6-7,10-11H2,1H3,(H2,23,25,26). The number of hydrogen-bond donors (Lipinski definition) is 2. The molecule has 2 aromatic heterocycles. The summed E-state index contributed by atoms with van der Waals surface area (Å²) >= 11 is 1.01. The van der Waals surface area contributed by atoms with Crippen molar-refractivity contribution in [2.45, 2.75) is 25.7 Å². The second-order valence-electron chi connectivity index (χ2n) is 6.28. The summed E-state index contributed by atoms with van der Waals surface area (Å²) in [5.74, 6) is 0.583. The number of hydrogen-bond acceptors (Lipinski definition) is 4. The Hall–Kier alpha value is -2.88. The molecule has 0 saturated heterocycles. The number of halogens is 3. The van der Waals surface area contributed by atoms with Gasteiger partial charge in [-0.2, -0.15) is 13.2 Å². The summed E-state index contributed by atoms with van der Waals surface area (Å²) in [5.41, 5.74) is 1.43. The highest BCUT2D eigenvalue weighted by Gasteiger charge is 2.33. The van der Waals surface area contributed by atoms with Crippen LogP contribution in [0.4, 0.5) is 13.2 Å². The van der Waals surface area contributed by atoms with Gasteiger partial charge in [-0.05, 0) is 11.1 Å². The van der Waals surface area contributed by atoms with E-state index in [0.29, 0.717) is 30.5 Å². The van der Waals surface area contributed by atoms with Gasteiger partial charge in [0.1, 0.15) is 0 Å². The smallest absolute Gasteiger partial charge is 0.356 e. The van der Waals surface area contributed by atoms with Crippen molar-refractivity contribution in [1.29, 1.82) is 0 Å². The molecule has 0 amide bonds. The maximum Gasteiger partial charge on any atom is 0.434 e. The average Bonchev–Trinajstić information content (AvgIpc) is 3.37. The maximum absolute atomic E-state index is 12.6. The van der Waals surface area contributed by atoms with Crippen LogP contribution in [0.3, 0.4) is 0 Å². The Labute approximate surface area is 170 Å². The minimum Gasteiger partial charge on any atom is -0.356 e. The number of rotatable bonds is 7. The van der Waals surface area contributed by atoms with Crippen LogP contribution in [0.15, 0.2) is 53.4 Å². The number of guanidine groups is 1. The first-order valence-corrected chi connectivity index (χ1v) is 9.81. The number of nitrogens with one attached hydrogen (secondary N) is 2. The molecule has 2 N–H and O–H groups in total. The van der Waals surface area contributed by atoms with Crippen molar-refractivity contribution < 1.29 is 13.2 Å². The third kappa shape index (κ3) is 6.31. The fourth-order valence-electron chi connectivity index (χ4n) is 2.60. The Morgan fingerprint density at radius 3 is 2.55 bits per heavy atom. The quantitative estimate of drug-likeness (QED) is 0.453. The zero-order valence-electron chi connectivity index (χ0n) is 15.8. The first kappa shape index (κ1) is 20.8. The zero-order chi connectivity index (χ0) is 20.7. The van der Waals surface area contributed by atoms with Crippen LogP contribution in [0.2, 0.25) is 0 Å². The van der Waals surface area contributed by atoms with E-state index in [-0.39, 0.29) is 0 Å². The molecule has 0 unspecified atom stereocenters. The summed E-state index contributed by atoms with van der Waals surface area (Å²) in [6.45, 7) is 1.79. The van der Waals surface area contributed by atoms with E-state index in [1.54, 1.807) is 19.6 Å². The van der Waals surface area contributed by atoms with E-state index >= 15 is 0 Å². The molecule has 1 aromatic carbocycles. The van der Waals surface area contributed by atoms with Gasteiger partial charge in [0.05, 0.1) is 11.3 Å². The van der Waals surface area contributed by atoms with Crippen molar-refractivity contribution in [3.63, 3.8) is 0 Å². The molecular formula is C19H21F3N6S. The fraction of sp³-hybridized carbons (Fsp3) is 0.316. The molecule has 0 radical (unpaired) electrons. The lowest BCUT2D eigenvalue weighted by molar-refractivity contribution is -0.140. The minimum absolute atomic E-state index is 0.393. The number of alkyl halides is 3. The summed E-state index contributed by atoms with van der Waals surface area (Å²) in [5, 5.41) is 7.76.